The Morgan fingerprint density at radius 2 is 2.14 bits per heavy atom. The number of anilines is 1. The third-order valence-electron chi connectivity index (χ3n) is 3.78. The second-order valence-electron chi connectivity index (χ2n) is 5.58. The number of hydrogen-bond donors (Lipinski definition) is 1. The molecule has 1 N–H and O–H groups in total. The quantitative estimate of drug-likeness (QED) is 0.566. The summed E-state index contributed by atoms with van der Waals surface area (Å²) in [6.07, 6.45) is 4.51. The molecule has 0 bridgehead atoms. The van der Waals surface area contributed by atoms with Gasteiger partial charge in [-0.05, 0) is 31.4 Å². The monoisotopic (exact) mass is 367 g/mol. The molecule has 0 aromatic heterocycles. The molecule has 0 saturated heterocycles. The Morgan fingerprint density at radius 3 is 2.82 bits per heavy atom. The highest BCUT2D eigenvalue weighted by Crippen LogP contribution is 2.35. The zero-order valence-corrected chi connectivity index (χ0v) is 14.6. The summed E-state index contributed by atoms with van der Waals surface area (Å²) in [5, 5.41) is 2.84. The Kier molecular flexibility index (Phi) is 6.00. The number of hydrogen-bond acceptors (Lipinski definition) is 3. The van der Waals surface area contributed by atoms with Crippen LogP contribution in [0, 0.1) is 0 Å². The van der Waals surface area contributed by atoms with Gasteiger partial charge in [0.05, 0.1) is 10.4 Å². The summed E-state index contributed by atoms with van der Waals surface area (Å²) < 4.78 is 5.42. The standard InChI is InChI=1S/C17H22BrNO3/c1-3-5-7-15-12-9-8-11(10-13(12)17(21)22-15)19-16(20)14(18)6-4-2/h8-10,14-15H,3-7H2,1-2H3,(H,19,20). The summed E-state index contributed by atoms with van der Waals surface area (Å²) >= 11 is 3.37. The first-order valence-corrected chi connectivity index (χ1v) is 8.78. The second kappa shape index (κ2) is 7.77. The van der Waals surface area contributed by atoms with Crippen molar-refractivity contribution in [2.45, 2.75) is 56.9 Å². The molecule has 1 heterocycles. The first-order chi connectivity index (χ1) is 10.6. The van der Waals surface area contributed by atoms with Crippen LogP contribution in [0.3, 0.4) is 0 Å². The van der Waals surface area contributed by atoms with E-state index in [1.54, 1.807) is 6.07 Å². The molecule has 1 aliphatic rings. The van der Waals surface area contributed by atoms with E-state index < -0.39 is 0 Å². The van der Waals surface area contributed by atoms with E-state index in [9.17, 15) is 9.59 Å². The topological polar surface area (TPSA) is 55.4 Å². The first kappa shape index (κ1) is 17.0. The van der Waals surface area contributed by atoms with Gasteiger partial charge in [-0.15, -0.1) is 0 Å². The average Bonchev–Trinajstić information content (AvgIpc) is 2.81. The molecule has 0 aliphatic carbocycles. The van der Waals surface area contributed by atoms with E-state index in [4.69, 9.17) is 4.74 Å². The zero-order chi connectivity index (χ0) is 16.1. The van der Waals surface area contributed by atoms with Crippen LogP contribution in [0.1, 0.15) is 68.0 Å². The number of carbonyl (C=O) groups is 2. The molecule has 120 valence electrons. The van der Waals surface area contributed by atoms with Crippen molar-refractivity contribution in [3.63, 3.8) is 0 Å². The third kappa shape index (κ3) is 3.88. The van der Waals surface area contributed by atoms with Crippen molar-refractivity contribution < 1.29 is 14.3 Å². The van der Waals surface area contributed by atoms with Gasteiger partial charge in [-0.1, -0.05) is 48.7 Å². The number of unbranched alkanes of at least 4 members (excludes halogenated alkanes) is 1. The predicted molar refractivity (Wildman–Crippen MR) is 90.4 cm³/mol. The third-order valence-corrected chi connectivity index (χ3v) is 4.66. The minimum atomic E-state index is -0.295. The van der Waals surface area contributed by atoms with Crippen LogP contribution in [0.25, 0.3) is 0 Å². The van der Waals surface area contributed by atoms with Gasteiger partial charge in [0.1, 0.15) is 6.10 Å². The molecule has 22 heavy (non-hydrogen) atoms. The van der Waals surface area contributed by atoms with Gasteiger partial charge < -0.3 is 10.1 Å². The van der Waals surface area contributed by atoms with E-state index in [1.807, 2.05) is 19.1 Å². The number of nitrogens with one attached hydrogen (secondary N) is 1. The molecule has 0 spiro atoms. The molecule has 1 amide bonds. The summed E-state index contributed by atoms with van der Waals surface area (Å²) in [6.45, 7) is 4.15. The highest BCUT2D eigenvalue weighted by Gasteiger charge is 2.30. The molecule has 0 radical (unpaired) electrons. The Labute approximate surface area is 139 Å². The molecule has 0 saturated carbocycles. The minimum absolute atomic E-state index is 0.0873. The van der Waals surface area contributed by atoms with Crippen molar-refractivity contribution in [2.75, 3.05) is 5.32 Å². The lowest BCUT2D eigenvalue weighted by Crippen LogP contribution is -2.22. The largest absolute Gasteiger partial charge is 0.454 e. The van der Waals surface area contributed by atoms with Crippen LogP contribution in [0.2, 0.25) is 0 Å². The molecule has 1 aromatic carbocycles. The molecule has 2 rings (SSSR count). The van der Waals surface area contributed by atoms with E-state index in [0.717, 1.165) is 37.7 Å². The fourth-order valence-electron chi connectivity index (χ4n) is 2.56. The zero-order valence-electron chi connectivity index (χ0n) is 13.0. The number of esters is 1. The van der Waals surface area contributed by atoms with Crippen LogP contribution in [0.4, 0.5) is 5.69 Å². The van der Waals surface area contributed by atoms with Crippen molar-refractivity contribution >= 4 is 33.5 Å². The summed E-state index contributed by atoms with van der Waals surface area (Å²) in [6, 6.07) is 5.44. The average molecular weight is 368 g/mol. The number of halogens is 1. The maximum atomic E-state index is 12.0. The van der Waals surface area contributed by atoms with Crippen LogP contribution in [0.15, 0.2) is 18.2 Å². The number of ether oxygens (including phenoxy) is 1. The summed E-state index contributed by atoms with van der Waals surface area (Å²) in [5.74, 6) is -0.383. The molecule has 5 heteroatoms. The van der Waals surface area contributed by atoms with Crippen LogP contribution in [-0.2, 0) is 9.53 Å². The van der Waals surface area contributed by atoms with Gasteiger partial charge in [-0.2, -0.15) is 0 Å². The van der Waals surface area contributed by atoms with Crippen LogP contribution >= 0.6 is 15.9 Å². The predicted octanol–water partition coefficient (Wildman–Crippen LogP) is 4.59. The van der Waals surface area contributed by atoms with Gasteiger partial charge in [0.25, 0.3) is 0 Å². The number of benzene rings is 1. The summed E-state index contributed by atoms with van der Waals surface area (Å²) in [5.41, 5.74) is 2.14. The Hall–Kier alpha value is -1.36. The maximum Gasteiger partial charge on any atom is 0.339 e. The molecule has 1 aliphatic heterocycles. The van der Waals surface area contributed by atoms with Gasteiger partial charge in [-0.25, -0.2) is 4.79 Å². The van der Waals surface area contributed by atoms with E-state index in [-0.39, 0.29) is 22.8 Å². The van der Waals surface area contributed by atoms with Crippen molar-refractivity contribution in [1.82, 2.24) is 0 Å². The normalized spacial score (nSPS) is 17.8. The fraction of sp³-hybridized carbons (Fsp3) is 0.529. The fourth-order valence-corrected chi connectivity index (χ4v) is 3.13. The summed E-state index contributed by atoms with van der Waals surface area (Å²) in [4.78, 5) is 23.8. The first-order valence-electron chi connectivity index (χ1n) is 7.86. The van der Waals surface area contributed by atoms with Crippen molar-refractivity contribution in [1.29, 1.82) is 0 Å². The van der Waals surface area contributed by atoms with Crippen molar-refractivity contribution in [3.05, 3.63) is 29.3 Å². The summed E-state index contributed by atoms with van der Waals surface area (Å²) in [7, 11) is 0. The Balaban J connectivity index is 2.10. The van der Waals surface area contributed by atoms with Crippen LogP contribution in [-0.4, -0.2) is 16.7 Å². The smallest absolute Gasteiger partial charge is 0.339 e. The SMILES string of the molecule is CCCCC1OC(=O)c2cc(NC(=O)C(Br)CCC)ccc21. The lowest BCUT2D eigenvalue weighted by atomic mass is 10.0. The number of rotatable bonds is 7. The van der Waals surface area contributed by atoms with Gasteiger partial charge in [0, 0.05) is 11.3 Å². The number of amides is 1. The van der Waals surface area contributed by atoms with Gasteiger partial charge in [-0.3, -0.25) is 4.79 Å². The van der Waals surface area contributed by atoms with Crippen LogP contribution in [0.5, 0.6) is 0 Å². The molecule has 4 nitrogen and oxygen atoms in total. The molecule has 0 fully saturated rings. The van der Waals surface area contributed by atoms with Crippen molar-refractivity contribution in [2.24, 2.45) is 0 Å². The molecular weight excluding hydrogens is 346 g/mol. The van der Waals surface area contributed by atoms with Gasteiger partial charge in [0.2, 0.25) is 5.91 Å². The lowest BCUT2D eigenvalue weighted by Gasteiger charge is -2.11. The second-order valence-corrected chi connectivity index (χ2v) is 6.69. The highest BCUT2D eigenvalue weighted by atomic mass is 79.9. The number of alkyl halides is 1. The number of carbonyl (C=O) groups excluding carboxylic acids is 2. The van der Waals surface area contributed by atoms with E-state index in [0.29, 0.717) is 11.3 Å². The highest BCUT2D eigenvalue weighted by molar-refractivity contribution is 9.10. The molecule has 2 unspecified atom stereocenters. The number of fused-ring (bicyclic) bond motifs is 1. The Morgan fingerprint density at radius 1 is 1.36 bits per heavy atom. The van der Waals surface area contributed by atoms with Crippen LogP contribution < -0.4 is 5.32 Å². The van der Waals surface area contributed by atoms with E-state index >= 15 is 0 Å². The minimum Gasteiger partial charge on any atom is -0.454 e. The lowest BCUT2D eigenvalue weighted by molar-refractivity contribution is -0.115. The van der Waals surface area contributed by atoms with Gasteiger partial charge >= 0.3 is 5.97 Å². The molecule has 2 atom stereocenters. The van der Waals surface area contributed by atoms with Crippen molar-refractivity contribution in [3.8, 4) is 0 Å². The Bertz CT molecular complexity index is 559. The van der Waals surface area contributed by atoms with E-state index in [1.165, 1.54) is 0 Å². The van der Waals surface area contributed by atoms with Gasteiger partial charge in [0.15, 0.2) is 0 Å². The molecule has 1 aromatic rings. The van der Waals surface area contributed by atoms with E-state index in [2.05, 4.69) is 28.2 Å². The maximum absolute atomic E-state index is 12.0. The molecular formula is C17H22BrNO3. The number of cyclic esters (lactones) is 1.